The number of carboxylic acids is 1. The lowest BCUT2D eigenvalue weighted by Gasteiger charge is -2.25. The zero-order chi connectivity index (χ0) is 27.5. The Labute approximate surface area is 226 Å². The van der Waals surface area contributed by atoms with Crippen molar-refractivity contribution in [1.82, 2.24) is 20.9 Å². The summed E-state index contributed by atoms with van der Waals surface area (Å²) >= 11 is 5.67. The number of amides is 3. The van der Waals surface area contributed by atoms with Gasteiger partial charge in [-0.2, -0.15) is 24.4 Å². The number of fused-ring (bicyclic) bond motifs is 1. The molecule has 0 fully saturated rings. The molecule has 37 heavy (non-hydrogen) atoms. The maximum Gasteiger partial charge on any atom is 0.326 e. The van der Waals surface area contributed by atoms with Gasteiger partial charge < -0.3 is 31.8 Å². The third-order valence-corrected chi connectivity index (χ3v) is 6.84. The number of benzene rings is 1. The predicted molar refractivity (Wildman–Crippen MR) is 150 cm³/mol. The first-order chi connectivity index (χ1) is 17.6. The summed E-state index contributed by atoms with van der Waals surface area (Å²) in [4.78, 5) is 53.4. The van der Waals surface area contributed by atoms with E-state index in [-0.39, 0.29) is 24.5 Å². The van der Waals surface area contributed by atoms with Crippen LogP contribution in [0.15, 0.2) is 30.5 Å². The molecule has 0 saturated carbocycles. The van der Waals surface area contributed by atoms with E-state index in [1.165, 1.54) is 11.8 Å². The Kier molecular flexibility index (Phi) is 12.3. The van der Waals surface area contributed by atoms with Crippen molar-refractivity contribution in [2.75, 3.05) is 17.8 Å². The van der Waals surface area contributed by atoms with Crippen LogP contribution < -0.4 is 21.7 Å². The van der Waals surface area contributed by atoms with E-state index in [0.717, 1.165) is 16.5 Å². The maximum atomic E-state index is 13.0. The Morgan fingerprint density at radius 1 is 1.03 bits per heavy atom. The van der Waals surface area contributed by atoms with Crippen LogP contribution in [-0.2, 0) is 25.6 Å². The fraction of sp³-hybridized carbons (Fsp3) is 0.520. The normalized spacial score (nSPS) is 14.5. The Morgan fingerprint density at radius 3 is 2.27 bits per heavy atom. The molecule has 0 aliphatic heterocycles. The molecule has 2 aromatic rings. The molecule has 0 spiro atoms. The quantitative estimate of drug-likeness (QED) is 0.164. The Hall–Kier alpha value is -2.70. The van der Waals surface area contributed by atoms with Crippen LogP contribution in [0.4, 0.5) is 0 Å². The molecule has 7 N–H and O–H groups in total. The zero-order valence-corrected chi connectivity index (χ0v) is 23.0. The first kappa shape index (κ1) is 30.5. The van der Waals surface area contributed by atoms with Crippen LogP contribution in [0.2, 0.25) is 0 Å². The largest absolute Gasteiger partial charge is 0.480 e. The number of para-hydroxylation sites is 1. The van der Waals surface area contributed by atoms with Gasteiger partial charge in [0.15, 0.2) is 0 Å². The fourth-order valence-electron chi connectivity index (χ4n) is 3.84. The third-order valence-electron chi connectivity index (χ3n) is 5.83. The van der Waals surface area contributed by atoms with Gasteiger partial charge in [-0.15, -0.1) is 0 Å². The van der Waals surface area contributed by atoms with E-state index in [1.807, 2.05) is 44.4 Å². The second kappa shape index (κ2) is 14.9. The number of carbonyl (C=O) groups is 4. The highest BCUT2D eigenvalue weighted by Crippen LogP contribution is 2.18. The molecular weight excluding hydrogens is 514 g/mol. The number of nitrogens with one attached hydrogen (secondary N) is 4. The molecule has 4 unspecified atom stereocenters. The number of thiol groups is 1. The van der Waals surface area contributed by atoms with E-state index in [4.69, 9.17) is 5.73 Å². The molecule has 204 valence electrons. The number of aromatic amines is 1. The minimum atomic E-state index is -1.14. The van der Waals surface area contributed by atoms with Gasteiger partial charge in [0.05, 0.1) is 6.04 Å². The second-order valence-corrected chi connectivity index (χ2v) is 10.6. The van der Waals surface area contributed by atoms with E-state index in [0.29, 0.717) is 12.2 Å². The van der Waals surface area contributed by atoms with Crippen molar-refractivity contribution in [2.45, 2.75) is 57.3 Å². The lowest BCUT2D eigenvalue weighted by molar-refractivity contribution is -0.142. The number of H-pyrrole nitrogens is 1. The van der Waals surface area contributed by atoms with Gasteiger partial charge in [0.2, 0.25) is 17.7 Å². The number of thioether (sulfide) groups is 1. The summed E-state index contributed by atoms with van der Waals surface area (Å²) in [6, 6.07) is 3.71. The monoisotopic (exact) mass is 551 g/mol. The van der Waals surface area contributed by atoms with Crippen LogP contribution in [0.25, 0.3) is 10.9 Å². The summed E-state index contributed by atoms with van der Waals surface area (Å²) < 4.78 is 0. The molecule has 2 rings (SSSR count). The molecule has 1 heterocycles. The molecule has 3 amide bonds. The Morgan fingerprint density at radius 2 is 1.65 bits per heavy atom. The van der Waals surface area contributed by atoms with Gasteiger partial charge in [-0.3, -0.25) is 14.4 Å². The van der Waals surface area contributed by atoms with E-state index in [2.05, 4.69) is 33.6 Å². The highest BCUT2D eigenvalue weighted by molar-refractivity contribution is 7.98. The molecule has 0 saturated heterocycles. The maximum absolute atomic E-state index is 13.0. The van der Waals surface area contributed by atoms with E-state index < -0.39 is 47.9 Å². The topological polar surface area (TPSA) is 166 Å². The molecule has 0 aliphatic carbocycles. The van der Waals surface area contributed by atoms with Crippen molar-refractivity contribution < 1.29 is 24.3 Å². The average Bonchev–Trinajstić information content (AvgIpc) is 3.26. The first-order valence-electron chi connectivity index (χ1n) is 12.1. The average molecular weight is 552 g/mol. The number of nitrogens with two attached hydrogens (primary N) is 1. The number of carboxylic acid groups (broad SMARTS) is 1. The minimum Gasteiger partial charge on any atom is -0.480 e. The SMILES string of the molecule is CSCCC(NC(=O)C(CC(C)C)NC(=O)C(CS)NC(=O)C(N)Cc1c[nH]c2ccccc12)C(=O)O. The number of hydrogen-bond acceptors (Lipinski definition) is 7. The summed E-state index contributed by atoms with van der Waals surface area (Å²) in [5, 5.41) is 18.2. The molecule has 12 heteroatoms. The van der Waals surface area contributed by atoms with Crippen LogP contribution in [0.1, 0.15) is 32.3 Å². The number of aromatic nitrogens is 1. The fourth-order valence-corrected chi connectivity index (χ4v) is 4.57. The lowest BCUT2D eigenvalue weighted by Crippen LogP contribution is -2.58. The van der Waals surface area contributed by atoms with Crippen LogP contribution in [0.5, 0.6) is 0 Å². The zero-order valence-electron chi connectivity index (χ0n) is 21.3. The summed E-state index contributed by atoms with van der Waals surface area (Å²) in [5.41, 5.74) is 7.96. The number of carbonyl (C=O) groups excluding carboxylic acids is 3. The molecule has 1 aromatic carbocycles. The third kappa shape index (κ3) is 9.28. The van der Waals surface area contributed by atoms with Gasteiger partial charge in [-0.25, -0.2) is 4.79 Å². The lowest BCUT2D eigenvalue weighted by atomic mass is 10.0. The number of hydrogen-bond donors (Lipinski definition) is 7. The van der Waals surface area contributed by atoms with Crippen molar-refractivity contribution in [3.63, 3.8) is 0 Å². The van der Waals surface area contributed by atoms with Gasteiger partial charge in [0.25, 0.3) is 0 Å². The first-order valence-corrected chi connectivity index (χ1v) is 14.1. The van der Waals surface area contributed by atoms with Crippen molar-refractivity contribution in [2.24, 2.45) is 11.7 Å². The van der Waals surface area contributed by atoms with Crippen molar-refractivity contribution in [3.05, 3.63) is 36.0 Å². The summed E-state index contributed by atoms with van der Waals surface area (Å²) in [5.74, 6) is -2.26. The van der Waals surface area contributed by atoms with Crippen LogP contribution in [0.3, 0.4) is 0 Å². The smallest absolute Gasteiger partial charge is 0.326 e. The minimum absolute atomic E-state index is 0.0150. The molecule has 0 bridgehead atoms. The van der Waals surface area contributed by atoms with Crippen molar-refractivity contribution in [1.29, 1.82) is 0 Å². The van der Waals surface area contributed by atoms with Gasteiger partial charge in [0, 0.05) is 22.9 Å². The van der Waals surface area contributed by atoms with Crippen LogP contribution in [0, 0.1) is 5.92 Å². The summed E-state index contributed by atoms with van der Waals surface area (Å²) in [6.45, 7) is 3.77. The van der Waals surface area contributed by atoms with E-state index >= 15 is 0 Å². The van der Waals surface area contributed by atoms with Gasteiger partial charge in [-0.1, -0.05) is 32.0 Å². The molecule has 0 radical (unpaired) electrons. The number of rotatable bonds is 15. The van der Waals surface area contributed by atoms with Gasteiger partial charge in [0.1, 0.15) is 18.1 Å². The van der Waals surface area contributed by atoms with Crippen molar-refractivity contribution >= 4 is 59.0 Å². The molecule has 4 atom stereocenters. The van der Waals surface area contributed by atoms with E-state index in [1.54, 1.807) is 6.20 Å². The van der Waals surface area contributed by atoms with Crippen molar-refractivity contribution in [3.8, 4) is 0 Å². The van der Waals surface area contributed by atoms with Gasteiger partial charge in [-0.05, 0) is 48.8 Å². The highest BCUT2D eigenvalue weighted by Gasteiger charge is 2.30. The standard InChI is InChI=1S/C25H37N5O5S2/c1-14(2)10-20(23(32)28-19(25(34)35)8-9-37-3)29-24(33)21(13-36)30-22(31)17(26)11-15-12-27-18-7-5-4-6-16(15)18/h4-7,12,14,17,19-21,27,36H,8-11,13,26H2,1-3H3,(H,28,32)(H,29,33)(H,30,31)(H,34,35). The molecular formula is C25H37N5O5S2. The summed E-state index contributed by atoms with van der Waals surface area (Å²) in [7, 11) is 0. The molecule has 1 aromatic heterocycles. The number of aliphatic carboxylic acids is 1. The molecule has 0 aliphatic rings. The van der Waals surface area contributed by atoms with Gasteiger partial charge >= 0.3 is 5.97 Å². The predicted octanol–water partition coefficient (Wildman–Crippen LogP) is 1.31. The van der Waals surface area contributed by atoms with Crippen LogP contribution >= 0.6 is 24.4 Å². The highest BCUT2D eigenvalue weighted by atomic mass is 32.2. The van der Waals surface area contributed by atoms with E-state index in [9.17, 15) is 24.3 Å². The second-order valence-electron chi connectivity index (χ2n) is 9.29. The van der Waals surface area contributed by atoms with Crippen LogP contribution in [-0.4, -0.2) is 75.7 Å². The summed E-state index contributed by atoms with van der Waals surface area (Å²) in [6.07, 6.45) is 4.47. The molecule has 10 nitrogen and oxygen atoms in total. The Bertz CT molecular complexity index is 1080. The Balaban J connectivity index is 2.03.